The van der Waals surface area contributed by atoms with Crippen LogP contribution in [0, 0.1) is 0 Å². The molecule has 2 rings (SSSR count). The Hall–Kier alpha value is -1.62. The Morgan fingerprint density at radius 2 is 2.24 bits per heavy atom. The number of hydrogen-bond acceptors (Lipinski definition) is 2. The second kappa shape index (κ2) is 4.00. The lowest BCUT2D eigenvalue weighted by Crippen LogP contribution is -2.46. The van der Waals surface area contributed by atoms with Gasteiger partial charge in [0.15, 0.2) is 5.11 Å². The number of fused-ring (bicyclic) bond motifs is 1. The first-order valence-electron chi connectivity index (χ1n) is 5.39. The number of amides is 1. The average molecular weight is 249 g/mol. The van der Waals surface area contributed by atoms with Crippen LogP contribution in [0.4, 0.5) is 5.69 Å². The van der Waals surface area contributed by atoms with E-state index in [2.05, 4.69) is 10.6 Å². The topological polar surface area (TPSA) is 67.2 Å². The van der Waals surface area contributed by atoms with Crippen molar-refractivity contribution in [2.24, 2.45) is 5.73 Å². The molecule has 0 fully saturated rings. The van der Waals surface area contributed by atoms with Crippen molar-refractivity contribution in [2.45, 2.75) is 25.8 Å². The van der Waals surface area contributed by atoms with Gasteiger partial charge in [-0.15, -0.1) is 0 Å². The van der Waals surface area contributed by atoms with Crippen LogP contribution >= 0.6 is 12.2 Å². The minimum atomic E-state index is -0.327. The molecule has 0 bridgehead atoms. The van der Waals surface area contributed by atoms with Crippen molar-refractivity contribution in [1.29, 1.82) is 0 Å². The van der Waals surface area contributed by atoms with Gasteiger partial charge in [-0.1, -0.05) is 6.07 Å². The molecule has 90 valence electrons. The molecule has 4 nitrogen and oxygen atoms in total. The maximum atomic E-state index is 11.6. The standard InChI is InChI=1S/C12H15N3OS/c1-12(2)9-4-3-8(14-11(13)17)5-7(9)6-10(16)15-12/h3-5H,6H2,1-2H3,(H,15,16)(H3,13,14,17). The van der Waals surface area contributed by atoms with Gasteiger partial charge in [0.05, 0.1) is 12.0 Å². The highest BCUT2D eigenvalue weighted by Crippen LogP contribution is 2.30. The third-order valence-corrected chi connectivity index (χ3v) is 2.95. The highest BCUT2D eigenvalue weighted by atomic mass is 32.1. The summed E-state index contributed by atoms with van der Waals surface area (Å²) in [5.41, 5.74) is 8.06. The van der Waals surface area contributed by atoms with Crippen molar-refractivity contribution in [1.82, 2.24) is 5.32 Å². The van der Waals surface area contributed by atoms with Crippen LogP contribution in [0.2, 0.25) is 0 Å². The molecule has 0 aliphatic carbocycles. The van der Waals surface area contributed by atoms with Gasteiger partial charge in [0.1, 0.15) is 0 Å². The summed E-state index contributed by atoms with van der Waals surface area (Å²) in [6.45, 7) is 3.98. The second-order valence-corrected chi connectivity index (χ2v) is 5.15. The van der Waals surface area contributed by atoms with E-state index in [1.54, 1.807) is 0 Å². The Morgan fingerprint density at radius 3 is 2.88 bits per heavy atom. The second-order valence-electron chi connectivity index (χ2n) is 4.71. The number of rotatable bonds is 1. The molecule has 1 aliphatic heterocycles. The fourth-order valence-corrected chi connectivity index (χ4v) is 2.32. The van der Waals surface area contributed by atoms with Crippen LogP contribution in [-0.2, 0) is 16.8 Å². The number of nitrogens with two attached hydrogens (primary N) is 1. The number of thiocarbonyl (C=S) groups is 1. The maximum absolute atomic E-state index is 11.6. The zero-order valence-electron chi connectivity index (χ0n) is 9.83. The summed E-state index contributed by atoms with van der Waals surface area (Å²) < 4.78 is 0. The number of nitrogens with one attached hydrogen (secondary N) is 2. The molecule has 1 amide bonds. The summed E-state index contributed by atoms with van der Waals surface area (Å²) in [6.07, 6.45) is 0.394. The van der Waals surface area contributed by atoms with Crippen molar-refractivity contribution < 1.29 is 4.79 Å². The van der Waals surface area contributed by atoms with E-state index in [4.69, 9.17) is 18.0 Å². The highest BCUT2D eigenvalue weighted by Gasteiger charge is 2.30. The largest absolute Gasteiger partial charge is 0.376 e. The monoisotopic (exact) mass is 249 g/mol. The van der Waals surface area contributed by atoms with Crippen molar-refractivity contribution in [2.75, 3.05) is 5.32 Å². The molecule has 0 aromatic heterocycles. The molecule has 0 saturated heterocycles. The van der Waals surface area contributed by atoms with Crippen molar-refractivity contribution >= 4 is 28.9 Å². The molecule has 17 heavy (non-hydrogen) atoms. The average Bonchev–Trinajstić information content (AvgIpc) is 2.13. The molecule has 1 aromatic carbocycles. The van der Waals surface area contributed by atoms with Gasteiger partial charge in [-0.25, -0.2) is 0 Å². The van der Waals surface area contributed by atoms with Crippen LogP contribution in [0.25, 0.3) is 0 Å². The number of carbonyl (C=O) groups is 1. The fraction of sp³-hybridized carbons (Fsp3) is 0.333. The molecule has 0 saturated carbocycles. The summed E-state index contributed by atoms with van der Waals surface area (Å²) in [5, 5.41) is 6.06. The normalized spacial score (nSPS) is 16.9. The van der Waals surface area contributed by atoms with Gasteiger partial charge in [0, 0.05) is 5.69 Å². The van der Waals surface area contributed by atoms with Gasteiger partial charge >= 0.3 is 0 Å². The number of benzene rings is 1. The molecular formula is C12H15N3OS. The quantitative estimate of drug-likeness (QED) is 0.655. The Labute approximate surface area is 106 Å². The first-order chi connectivity index (χ1) is 7.88. The van der Waals surface area contributed by atoms with Gasteiger partial charge in [0.25, 0.3) is 0 Å². The third kappa shape index (κ3) is 2.39. The number of hydrogen-bond donors (Lipinski definition) is 3. The van der Waals surface area contributed by atoms with E-state index in [-0.39, 0.29) is 16.6 Å². The Bertz CT molecular complexity index is 497. The molecule has 1 aliphatic rings. The molecule has 0 unspecified atom stereocenters. The molecule has 0 spiro atoms. The Morgan fingerprint density at radius 1 is 1.53 bits per heavy atom. The summed E-state index contributed by atoms with van der Waals surface area (Å²) >= 11 is 4.79. The van der Waals surface area contributed by atoms with E-state index in [9.17, 15) is 4.79 Å². The number of anilines is 1. The lowest BCUT2D eigenvalue weighted by molar-refractivity contribution is -0.122. The first-order valence-corrected chi connectivity index (χ1v) is 5.80. The number of carbonyl (C=O) groups excluding carboxylic acids is 1. The molecule has 0 atom stereocenters. The molecule has 1 heterocycles. The van der Waals surface area contributed by atoms with E-state index in [0.717, 1.165) is 16.8 Å². The highest BCUT2D eigenvalue weighted by molar-refractivity contribution is 7.80. The lowest BCUT2D eigenvalue weighted by atomic mass is 9.85. The minimum absolute atomic E-state index is 0.0370. The van der Waals surface area contributed by atoms with Crippen molar-refractivity contribution in [3.8, 4) is 0 Å². The lowest BCUT2D eigenvalue weighted by Gasteiger charge is -2.33. The molecule has 0 radical (unpaired) electrons. The Kier molecular flexibility index (Phi) is 2.79. The van der Waals surface area contributed by atoms with Crippen LogP contribution in [0.15, 0.2) is 18.2 Å². The molecule has 5 heteroatoms. The van der Waals surface area contributed by atoms with Crippen molar-refractivity contribution in [3.63, 3.8) is 0 Å². The van der Waals surface area contributed by atoms with Crippen LogP contribution in [-0.4, -0.2) is 11.0 Å². The fourth-order valence-electron chi connectivity index (χ4n) is 2.20. The summed E-state index contributed by atoms with van der Waals surface area (Å²) in [5.74, 6) is 0.0370. The predicted molar refractivity (Wildman–Crippen MR) is 71.7 cm³/mol. The van der Waals surface area contributed by atoms with Crippen LogP contribution in [0.3, 0.4) is 0 Å². The van der Waals surface area contributed by atoms with Gasteiger partial charge < -0.3 is 16.4 Å². The molecule has 1 aromatic rings. The summed E-state index contributed by atoms with van der Waals surface area (Å²) in [7, 11) is 0. The van der Waals surface area contributed by atoms with Crippen molar-refractivity contribution in [3.05, 3.63) is 29.3 Å². The third-order valence-electron chi connectivity index (χ3n) is 2.85. The zero-order valence-corrected chi connectivity index (χ0v) is 10.6. The first kappa shape index (κ1) is 11.9. The van der Waals surface area contributed by atoms with Crippen LogP contribution in [0.1, 0.15) is 25.0 Å². The Balaban J connectivity index is 2.42. The van der Waals surface area contributed by atoms with E-state index in [1.807, 2.05) is 32.0 Å². The van der Waals surface area contributed by atoms with Gasteiger partial charge in [0.2, 0.25) is 5.91 Å². The summed E-state index contributed by atoms with van der Waals surface area (Å²) in [4.78, 5) is 11.6. The zero-order chi connectivity index (χ0) is 12.6. The SMILES string of the molecule is CC1(C)NC(=O)Cc2cc(NC(N)=S)ccc21. The van der Waals surface area contributed by atoms with E-state index in [0.29, 0.717) is 6.42 Å². The van der Waals surface area contributed by atoms with Crippen LogP contribution in [0.5, 0.6) is 0 Å². The van der Waals surface area contributed by atoms with Crippen LogP contribution < -0.4 is 16.4 Å². The smallest absolute Gasteiger partial charge is 0.225 e. The van der Waals surface area contributed by atoms with Gasteiger partial charge in [-0.05, 0) is 49.3 Å². The van der Waals surface area contributed by atoms with E-state index in [1.165, 1.54) is 0 Å². The predicted octanol–water partition coefficient (Wildman–Crippen LogP) is 1.25. The molecule has 4 N–H and O–H groups in total. The minimum Gasteiger partial charge on any atom is -0.376 e. The van der Waals surface area contributed by atoms with Gasteiger partial charge in [-0.3, -0.25) is 4.79 Å². The molecular weight excluding hydrogens is 234 g/mol. The maximum Gasteiger partial charge on any atom is 0.225 e. The summed E-state index contributed by atoms with van der Waals surface area (Å²) in [6, 6.07) is 5.83. The van der Waals surface area contributed by atoms with Gasteiger partial charge in [-0.2, -0.15) is 0 Å². The van der Waals surface area contributed by atoms with E-state index >= 15 is 0 Å². The van der Waals surface area contributed by atoms with E-state index < -0.39 is 0 Å².